The molecule has 1 aromatic carbocycles. The van der Waals surface area contributed by atoms with Crippen LogP contribution < -0.4 is 5.32 Å². The topological polar surface area (TPSA) is 49.3 Å². The van der Waals surface area contributed by atoms with E-state index in [-0.39, 0.29) is 18.4 Å². The van der Waals surface area contributed by atoms with Gasteiger partial charge in [0.25, 0.3) is 0 Å². The lowest BCUT2D eigenvalue weighted by Gasteiger charge is -2.14. The molecule has 3 nitrogen and oxygen atoms in total. The molecule has 0 heterocycles. The fourth-order valence-corrected chi connectivity index (χ4v) is 1.49. The maximum Gasteiger partial charge on any atom is 0.222 e. The van der Waals surface area contributed by atoms with Crippen LogP contribution in [-0.2, 0) is 4.79 Å². The van der Waals surface area contributed by atoms with Crippen LogP contribution in [0.15, 0.2) is 24.3 Å². The summed E-state index contributed by atoms with van der Waals surface area (Å²) in [6, 6.07) is 6.94. The number of hydrogen-bond acceptors (Lipinski definition) is 2. The van der Waals surface area contributed by atoms with Crippen molar-refractivity contribution >= 4 is 17.5 Å². The highest BCUT2D eigenvalue weighted by molar-refractivity contribution is 6.30. The molecule has 17 heavy (non-hydrogen) atoms. The van der Waals surface area contributed by atoms with E-state index in [9.17, 15) is 9.90 Å². The Morgan fingerprint density at radius 1 is 1.41 bits per heavy atom. The number of rotatable bonds is 5. The van der Waals surface area contributed by atoms with Gasteiger partial charge in [-0.1, -0.05) is 37.6 Å². The highest BCUT2D eigenvalue weighted by Crippen LogP contribution is 2.15. The highest BCUT2D eigenvalue weighted by atomic mass is 35.5. The second-order valence-electron chi connectivity index (χ2n) is 4.12. The van der Waals surface area contributed by atoms with E-state index < -0.39 is 6.10 Å². The minimum atomic E-state index is -0.694. The molecule has 2 unspecified atom stereocenters. The summed E-state index contributed by atoms with van der Waals surface area (Å²) in [6.45, 7) is 4.05. The van der Waals surface area contributed by atoms with E-state index >= 15 is 0 Å². The molecule has 0 saturated heterocycles. The summed E-state index contributed by atoms with van der Waals surface area (Å²) in [5.41, 5.74) is 0.749. The summed E-state index contributed by atoms with van der Waals surface area (Å²) in [7, 11) is 0. The number of hydrogen-bond donors (Lipinski definition) is 2. The average molecular weight is 256 g/mol. The van der Waals surface area contributed by atoms with E-state index in [0.717, 1.165) is 12.0 Å². The van der Waals surface area contributed by atoms with Crippen LogP contribution in [-0.4, -0.2) is 17.6 Å². The van der Waals surface area contributed by atoms with E-state index in [2.05, 4.69) is 5.32 Å². The molecule has 0 saturated carbocycles. The van der Waals surface area contributed by atoms with Crippen LogP contribution in [0.4, 0.5) is 0 Å². The van der Waals surface area contributed by atoms with E-state index in [1.165, 1.54) is 0 Å². The van der Waals surface area contributed by atoms with Crippen molar-refractivity contribution in [1.29, 1.82) is 0 Å². The minimum Gasteiger partial charge on any atom is -0.387 e. The molecule has 1 aromatic rings. The first-order valence-corrected chi connectivity index (χ1v) is 6.13. The van der Waals surface area contributed by atoms with Crippen LogP contribution in [0.1, 0.15) is 31.9 Å². The van der Waals surface area contributed by atoms with Gasteiger partial charge in [0.2, 0.25) is 5.91 Å². The Bertz CT molecular complexity index is 364. The number of halogens is 1. The molecule has 0 aromatic heterocycles. The van der Waals surface area contributed by atoms with Crippen LogP contribution >= 0.6 is 11.6 Å². The summed E-state index contributed by atoms with van der Waals surface area (Å²) in [6.07, 6.45) is 0.100. The van der Waals surface area contributed by atoms with Crippen LogP contribution in [0.2, 0.25) is 5.02 Å². The second-order valence-corrected chi connectivity index (χ2v) is 4.56. The van der Waals surface area contributed by atoms with Crippen molar-refractivity contribution < 1.29 is 9.90 Å². The molecule has 0 bridgehead atoms. The molecule has 94 valence electrons. The van der Waals surface area contributed by atoms with Gasteiger partial charge in [0.15, 0.2) is 0 Å². The van der Waals surface area contributed by atoms with Gasteiger partial charge in [-0.25, -0.2) is 0 Å². The molecule has 1 amide bonds. The first-order chi connectivity index (χ1) is 8.04. The van der Waals surface area contributed by atoms with Gasteiger partial charge in [-0.15, -0.1) is 0 Å². The van der Waals surface area contributed by atoms with Gasteiger partial charge in [0, 0.05) is 17.5 Å². The van der Waals surface area contributed by atoms with Gasteiger partial charge in [0.1, 0.15) is 0 Å². The molecule has 0 fully saturated rings. The van der Waals surface area contributed by atoms with Crippen molar-refractivity contribution in [1.82, 2.24) is 5.32 Å². The van der Waals surface area contributed by atoms with Crippen LogP contribution in [0.25, 0.3) is 0 Å². The Morgan fingerprint density at radius 3 is 2.53 bits per heavy atom. The number of benzene rings is 1. The summed E-state index contributed by atoms with van der Waals surface area (Å²) < 4.78 is 0. The number of amides is 1. The maximum absolute atomic E-state index is 11.5. The zero-order valence-electron chi connectivity index (χ0n) is 10.1. The smallest absolute Gasteiger partial charge is 0.222 e. The summed E-state index contributed by atoms with van der Waals surface area (Å²) in [5, 5.41) is 13.2. The van der Waals surface area contributed by atoms with Crippen molar-refractivity contribution in [2.45, 2.75) is 26.4 Å². The van der Waals surface area contributed by atoms with Crippen molar-refractivity contribution in [2.75, 3.05) is 6.54 Å². The van der Waals surface area contributed by atoms with E-state index in [1.807, 2.05) is 13.8 Å². The van der Waals surface area contributed by atoms with Gasteiger partial charge in [-0.2, -0.15) is 0 Å². The molecular formula is C13H18ClNO2. The monoisotopic (exact) mass is 255 g/mol. The lowest BCUT2D eigenvalue weighted by Crippen LogP contribution is -2.32. The number of nitrogens with one attached hydrogen (secondary N) is 1. The van der Waals surface area contributed by atoms with Crippen molar-refractivity contribution in [2.24, 2.45) is 5.92 Å². The third-order valence-corrected chi connectivity index (χ3v) is 3.04. The van der Waals surface area contributed by atoms with Crippen LogP contribution in [0.3, 0.4) is 0 Å². The molecule has 0 spiro atoms. The van der Waals surface area contributed by atoms with E-state index in [1.54, 1.807) is 24.3 Å². The quantitative estimate of drug-likeness (QED) is 0.850. The fraction of sp³-hybridized carbons (Fsp3) is 0.462. The second kappa shape index (κ2) is 6.62. The molecule has 0 radical (unpaired) electrons. The molecule has 2 atom stereocenters. The van der Waals surface area contributed by atoms with E-state index in [4.69, 9.17) is 11.6 Å². The predicted octanol–water partition coefficient (Wildman–Crippen LogP) is 2.54. The Balaban J connectivity index is 2.47. The van der Waals surface area contributed by atoms with Gasteiger partial charge >= 0.3 is 0 Å². The number of aliphatic hydroxyl groups is 1. The Hall–Kier alpha value is -1.06. The Labute approximate surface area is 107 Å². The third kappa shape index (κ3) is 4.36. The molecule has 1 rings (SSSR count). The van der Waals surface area contributed by atoms with Gasteiger partial charge in [-0.05, 0) is 24.1 Å². The van der Waals surface area contributed by atoms with Crippen molar-refractivity contribution in [3.05, 3.63) is 34.9 Å². The lowest BCUT2D eigenvalue weighted by molar-refractivity contribution is -0.125. The Morgan fingerprint density at radius 2 is 2.00 bits per heavy atom. The fourth-order valence-electron chi connectivity index (χ4n) is 1.36. The summed E-state index contributed by atoms with van der Waals surface area (Å²) in [5.74, 6) is -0.0482. The highest BCUT2D eigenvalue weighted by Gasteiger charge is 2.13. The summed E-state index contributed by atoms with van der Waals surface area (Å²) in [4.78, 5) is 11.5. The number of carbonyl (C=O) groups is 1. The van der Waals surface area contributed by atoms with Gasteiger partial charge in [-0.3, -0.25) is 4.79 Å². The first kappa shape index (κ1) is 14.0. The van der Waals surface area contributed by atoms with Gasteiger partial charge in [0.05, 0.1) is 6.10 Å². The molecule has 2 N–H and O–H groups in total. The lowest BCUT2D eigenvalue weighted by atomic mass is 10.1. The predicted molar refractivity (Wildman–Crippen MR) is 68.9 cm³/mol. The van der Waals surface area contributed by atoms with Crippen LogP contribution in [0, 0.1) is 5.92 Å². The normalized spacial score (nSPS) is 14.1. The maximum atomic E-state index is 11.5. The SMILES string of the molecule is CCC(C)C(=O)NCC(O)c1ccc(Cl)cc1. The van der Waals surface area contributed by atoms with E-state index in [0.29, 0.717) is 5.02 Å². The molecule has 0 aliphatic rings. The number of aliphatic hydroxyl groups excluding tert-OH is 1. The number of carbonyl (C=O) groups excluding carboxylic acids is 1. The largest absolute Gasteiger partial charge is 0.387 e. The van der Waals surface area contributed by atoms with Gasteiger partial charge < -0.3 is 10.4 Å². The zero-order valence-corrected chi connectivity index (χ0v) is 10.9. The zero-order chi connectivity index (χ0) is 12.8. The van der Waals surface area contributed by atoms with Crippen molar-refractivity contribution in [3.8, 4) is 0 Å². The van der Waals surface area contributed by atoms with Crippen molar-refractivity contribution in [3.63, 3.8) is 0 Å². The molecule has 4 heteroatoms. The molecule has 0 aliphatic carbocycles. The third-order valence-electron chi connectivity index (χ3n) is 2.78. The minimum absolute atomic E-state index is 0.0209. The summed E-state index contributed by atoms with van der Waals surface area (Å²) >= 11 is 5.75. The average Bonchev–Trinajstić information content (AvgIpc) is 2.35. The standard InChI is InChI=1S/C13H18ClNO2/c1-3-9(2)13(17)15-8-12(16)10-4-6-11(14)7-5-10/h4-7,9,12,16H,3,8H2,1-2H3,(H,15,17). The van der Waals surface area contributed by atoms with Crippen LogP contribution in [0.5, 0.6) is 0 Å². The Kier molecular flexibility index (Phi) is 5.45. The first-order valence-electron chi connectivity index (χ1n) is 5.75. The molecule has 0 aliphatic heterocycles. The molecular weight excluding hydrogens is 238 g/mol.